The number of fused-ring (bicyclic) bond motifs is 1. The normalized spacial score (nSPS) is 15.9. The van der Waals surface area contributed by atoms with Gasteiger partial charge in [-0.25, -0.2) is 4.79 Å². The van der Waals surface area contributed by atoms with Gasteiger partial charge >= 0.3 is 12.1 Å². The van der Waals surface area contributed by atoms with E-state index in [2.05, 4.69) is 0 Å². The van der Waals surface area contributed by atoms with Gasteiger partial charge in [0.15, 0.2) is 0 Å². The number of rotatable bonds is 5. The number of anilines is 1. The smallest absolute Gasteiger partial charge is 0.416 e. The Labute approximate surface area is 193 Å². The van der Waals surface area contributed by atoms with Gasteiger partial charge in [-0.15, -0.1) is 11.8 Å². The number of halogens is 3. The highest BCUT2D eigenvalue weighted by Crippen LogP contribution is 2.42. The zero-order chi connectivity index (χ0) is 23.8. The third-order valence-corrected chi connectivity index (χ3v) is 6.72. The molecule has 0 bridgehead atoms. The van der Waals surface area contributed by atoms with Crippen LogP contribution in [0.15, 0.2) is 71.6 Å². The number of carboxylic acids is 1. The average Bonchev–Trinajstić information content (AvgIpc) is 2.76. The van der Waals surface area contributed by atoms with Gasteiger partial charge in [-0.05, 0) is 60.4 Å². The minimum Gasteiger partial charge on any atom is -0.478 e. The van der Waals surface area contributed by atoms with E-state index in [1.165, 1.54) is 47.0 Å². The van der Waals surface area contributed by atoms with E-state index in [4.69, 9.17) is 5.11 Å². The summed E-state index contributed by atoms with van der Waals surface area (Å²) in [5, 5.41) is 8.54. The number of aromatic carboxylic acids is 1. The lowest BCUT2D eigenvalue weighted by atomic mass is 10.0. The zero-order valence-electron chi connectivity index (χ0n) is 17.6. The summed E-state index contributed by atoms with van der Waals surface area (Å²) in [7, 11) is 0. The molecule has 8 heteroatoms. The van der Waals surface area contributed by atoms with E-state index < -0.39 is 23.0 Å². The van der Waals surface area contributed by atoms with Gasteiger partial charge in [0, 0.05) is 4.90 Å². The topological polar surface area (TPSA) is 57.6 Å². The molecule has 1 unspecified atom stereocenters. The minimum atomic E-state index is -4.52. The average molecular weight is 472 g/mol. The van der Waals surface area contributed by atoms with E-state index in [-0.39, 0.29) is 23.6 Å². The van der Waals surface area contributed by atoms with Crippen LogP contribution in [0.4, 0.5) is 18.9 Å². The van der Waals surface area contributed by atoms with Crippen molar-refractivity contribution in [3.05, 3.63) is 94.5 Å². The van der Waals surface area contributed by atoms with Gasteiger partial charge in [0.25, 0.3) is 0 Å². The number of nitrogens with zero attached hydrogens (tertiary/aromatic N) is 1. The Balaban J connectivity index is 1.68. The Hall–Kier alpha value is -3.26. The second-order valence-electron chi connectivity index (χ2n) is 7.86. The number of aryl methyl sites for hydroxylation is 1. The van der Waals surface area contributed by atoms with E-state index in [1.807, 2.05) is 19.1 Å². The number of amides is 1. The molecule has 1 aliphatic rings. The number of carbonyl (C=O) groups excluding carboxylic acids is 1. The van der Waals surface area contributed by atoms with Crippen molar-refractivity contribution in [1.29, 1.82) is 0 Å². The summed E-state index contributed by atoms with van der Waals surface area (Å²) in [6.07, 6.45) is -4.19. The van der Waals surface area contributed by atoms with Crippen molar-refractivity contribution >= 4 is 29.3 Å². The summed E-state index contributed by atoms with van der Waals surface area (Å²) in [5.74, 6) is -1.32. The summed E-state index contributed by atoms with van der Waals surface area (Å²) in [5.41, 5.74) is 1.76. The number of hydrogen-bond donors (Lipinski definition) is 1. The second kappa shape index (κ2) is 8.94. The summed E-state index contributed by atoms with van der Waals surface area (Å²) in [6.45, 7) is 1.72. The molecule has 1 N–H and O–H groups in total. The molecule has 3 aromatic carbocycles. The van der Waals surface area contributed by atoms with Crippen LogP contribution in [0, 0.1) is 6.92 Å². The van der Waals surface area contributed by atoms with Crippen LogP contribution in [0.2, 0.25) is 0 Å². The number of carbonyl (C=O) groups is 2. The Bertz CT molecular complexity index is 1210. The van der Waals surface area contributed by atoms with Crippen LogP contribution in [-0.4, -0.2) is 22.2 Å². The van der Waals surface area contributed by atoms with Crippen LogP contribution >= 0.6 is 11.8 Å². The highest BCUT2D eigenvalue weighted by Gasteiger charge is 2.37. The van der Waals surface area contributed by atoms with E-state index in [0.717, 1.165) is 22.1 Å². The predicted octanol–water partition coefficient (Wildman–Crippen LogP) is 5.96. The van der Waals surface area contributed by atoms with Gasteiger partial charge in [-0.1, -0.05) is 36.4 Å². The molecule has 0 spiro atoms. The molecule has 0 fully saturated rings. The van der Waals surface area contributed by atoms with E-state index >= 15 is 0 Å². The first-order valence-corrected chi connectivity index (χ1v) is 11.1. The number of alkyl halides is 3. The van der Waals surface area contributed by atoms with E-state index in [0.29, 0.717) is 12.1 Å². The van der Waals surface area contributed by atoms with Gasteiger partial charge in [-0.3, -0.25) is 4.79 Å². The molecule has 0 aliphatic carbocycles. The molecule has 0 aromatic heterocycles. The predicted molar refractivity (Wildman–Crippen MR) is 121 cm³/mol. The number of thioether (sulfide) groups is 1. The lowest BCUT2D eigenvalue weighted by Crippen LogP contribution is -2.41. The van der Waals surface area contributed by atoms with Crippen molar-refractivity contribution in [3.63, 3.8) is 0 Å². The first kappa shape index (κ1) is 22.9. The third-order valence-electron chi connectivity index (χ3n) is 5.49. The molecule has 1 atom stereocenters. The van der Waals surface area contributed by atoms with Gasteiger partial charge in [0.2, 0.25) is 5.91 Å². The maximum atomic E-state index is 13.6. The van der Waals surface area contributed by atoms with Gasteiger partial charge in [-0.2, -0.15) is 13.2 Å². The SMILES string of the molecule is Cc1ccc2c(c1)SC(Cc1ccc(C(=O)O)cc1)C(=O)N2Cc1ccccc1C(F)(F)F. The second-order valence-corrected chi connectivity index (χ2v) is 9.11. The molecule has 1 aliphatic heterocycles. The molecule has 1 heterocycles. The Morgan fingerprint density at radius 2 is 1.76 bits per heavy atom. The fourth-order valence-electron chi connectivity index (χ4n) is 3.83. The van der Waals surface area contributed by atoms with Gasteiger partial charge in [0.1, 0.15) is 0 Å². The third kappa shape index (κ3) is 4.90. The first-order valence-electron chi connectivity index (χ1n) is 10.2. The standard InChI is InChI=1S/C25H20F3NO3S/c1-15-6-11-20-21(12-15)33-22(13-16-7-9-17(10-8-16)24(31)32)23(30)29(20)14-18-4-2-3-5-19(18)25(26,27)28/h2-12,22H,13-14H2,1H3,(H,31,32). The lowest BCUT2D eigenvalue weighted by Gasteiger charge is -2.34. The summed E-state index contributed by atoms with van der Waals surface area (Å²) in [4.78, 5) is 26.8. The van der Waals surface area contributed by atoms with Crippen LogP contribution < -0.4 is 4.90 Å². The molecule has 0 saturated carbocycles. The molecular weight excluding hydrogens is 451 g/mol. The number of hydrogen-bond acceptors (Lipinski definition) is 3. The molecule has 4 rings (SSSR count). The highest BCUT2D eigenvalue weighted by molar-refractivity contribution is 8.01. The van der Waals surface area contributed by atoms with E-state index in [9.17, 15) is 22.8 Å². The van der Waals surface area contributed by atoms with Crippen LogP contribution in [0.5, 0.6) is 0 Å². The van der Waals surface area contributed by atoms with Gasteiger partial charge in [0.05, 0.1) is 28.6 Å². The monoisotopic (exact) mass is 471 g/mol. The summed E-state index contributed by atoms with van der Waals surface area (Å²) < 4.78 is 40.7. The molecule has 4 nitrogen and oxygen atoms in total. The van der Waals surface area contributed by atoms with Crippen molar-refractivity contribution in [1.82, 2.24) is 0 Å². The molecule has 3 aromatic rings. The van der Waals surface area contributed by atoms with Crippen molar-refractivity contribution in [2.45, 2.75) is 36.2 Å². The highest BCUT2D eigenvalue weighted by atomic mass is 32.2. The quantitative estimate of drug-likeness (QED) is 0.499. The molecule has 170 valence electrons. The molecule has 0 radical (unpaired) electrons. The Kier molecular flexibility index (Phi) is 6.21. The first-order chi connectivity index (χ1) is 15.6. The maximum absolute atomic E-state index is 13.6. The summed E-state index contributed by atoms with van der Waals surface area (Å²) >= 11 is 1.38. The van der Waals surface area contributed by atoms with Crippen molar-refractivity contribution in [2.75, 3.05) is 4.90 Å². The van der Waals surface area contributed by atoms with Crippen molar-refractivity contribution in [2.24, 2.45) is 0 Å². The van der Waals surface area contributed by atoms with Crippen LogP contribution in [0.1, 0.15) is 32.6 Å². The fraction of sp³-hybridized carbons (Fsp3) is 0.200. The molecule has 0 saturated heterocycles. The number of benzene rings is 3. The summed E-state index contributed by atoms with van der Waals surface area (Å²) in [6, 6.07) is 17.1. The zero-order valence-corrected chi connectivity index (χ0v) is 18.4. The van der Waals surface area contributed by atoms with Crippen LogP contribution in [0.25, 0.3) is 0 Å². The van der Waals surface area contributed by atoms with Crippen molar-refractivity contribution in [3.8, 4) is 0 Å². The van der Waals surface area contributed by atoms with Crippen LogP contribution in [0.3, 0.4) is 0 Å². The van der Waals surface area contributed by atoms with Crippen molar-refractivity contribution < 1.29 is 27.9 Å². The largest absolute Gasteiger partial charge is 0.478 e. The Morgan fingerprint density at radius 1 is 1.06 bits per heavy atom. The fourth-order valence-corrected chi connectivity index (χ4v) is 5.19. The van der Waals surface area contributed by atoms with Gasteiger partial charge < -0.3 is 10.0 Å². The van der Waals surface area contributed by atoms with E-state index in [1.54, 1.807) is 18.2 Å². The molecule has 33 heavy (non-hydrogen) atoms. The molecular formula is C25H20F3NO3S. The number of carboxylic acid groups (broad SMARTS) is 1. The Morgan fingerprint density at radius 3 is 2.42 bits per heavy atom. The molecule has 1 amide bonds. The lowest BCUT2D eigenvalue weighted by molar-refractivity contribution is -0.138. The maximum Gasteiger partial charge on any atom is 0.416 e. The minimum absolute atomic E-state index is 0.0290. The van der Waals surface area contributed by atoms with Crippen LogP contribution in [-0.2, 0) is 23.9 Å².